The molecule has 8 nitrogen and oxygen atoms in total. The lowest BCUT2D eigenvalue weighted by Gasteiger charge is -2.30. The number of ether oxygens (including phenoxy) is 2. The van der Waals surface area contributed by atoms with Gasteiger partial charge in [0.2, 0.25) is 0 Å². The summed E-state index contributed by atoms with van der Waals surface area (Å²) in [6.45, 7) is 5.29. The van der Waals surface area contributed by atoms with E-state index in [0.717, 1.165) is 37.9 Å². The lowest BCUT2D eigenvalue weighted by Crippen LogP contribution is -2.32. The van der Waals surface area contributed by atoms with E-state index < -0.39 is 11.4 Å². The normalized spacial score (nSPS) is 16.9. The minimum absolute atomic E-state index is 0.00194. The van der Waals surface area contributed by atoms with Crippen LogP contribution in [0.1, 0.15) is 55.1 Å². The van der Waals surface area contributed by atoms with Gasteiger partial charge in [-0.25, -0.2) is 4.79 Å². The van der Waals surface area contributed by atoms with Gasteiger partial charge in [0, 0.05) is 37.0 Å². The number of phenolic OH excluding ortho intramolecular Hbond substituents is 1. The number of rotatable bonds is 6. The highest BCUT2D eigenvalue weighted by atomic mass is 16.5. The molecule has 3 heterocycles. The van der Waals surface area contributed by atoms with Crippen LogP contribution in [0.15, 0.2) is 29.2 Å². The molecule has 2 aliphatic heterocycles. The summed E-state index contributed by atoms with van der Waals surface area (Å²) in [6.07, 6.45) is 4.99. The highest BCUT2D eigenvalue weighted by molar-refractivity contribution is 5.89. The topological polar surface area (TPSA) is 98.1 Å². The van der Waals surface area contributed by atoms with Crippen LogP contribution in [0.4, 0.5) is 0 Å². The number of aromatic nitrogens is 1. The van der Waals surface area contributed by atoms with Gasteiger partial charge in [-0.2, -0.15) is 0 Å². The maximum Gasteiger partial charge on any atom is 0.343 e. The number of pyridine rings is 1. The van der Waals surface area contributed by atoms with Crippen LogP contribution < -0.4 is 10.2 Å². The summed E-state index contributed by atoms with van der Waals surface area (Å²) in [5.41, 5.74) is 1.83. The second-order valence-corrected chi connectivity index (χ2v) is 8.18. The highest BCUT2D eigenvalue weighted by Crippen LogP contribution is 2.41. The van der Waals surface area contributed by atoms with Gasteiger partial charge >= 0.3 is 5.97 Å². The molecule has 8 heteroatoms. The molecule has 1 atom stereocenters. The third-order valence-electron chi connectivity index (χ3n) is 6.17. The van der Waals surface area contributed by atoms with E-state index in [4.69, 9.17) is 9.47 Å². The fourth-order valence-corrected chi connectivity index (χ4v) is 4.45. The number of amides is 1. The number of aromatic hydroxyl groups is 1. The van der Waals surface area contributed by atoms with Crippen molar-refractivity contribution in [2.75, 3.05) is 26.3 Å². The molecule has 1 unspecified atom stereocenters. The summed E-state index contributed by atoms with van der Waals surface area (Å²) >= 11 is 0. The maximum absolute atomic E-state index is 12.6. The van der Waals surface area contributed by atoms with E-state index in [1.54, 1.807) is 30.2 Å². The van der Waals surface area contributed by atoms with Crippen LogP contribution in [0.5, 0.6) is 11.5 Å². The number of fused-ring (bicyclic) bond motifs is 3. The summed E-state index contributed by atoms with van der Waals surface area (Å²) in [6, 6.07) is 4.75. The molecule has 1 saturated heterocycles. The van der Waals surface area contributed by atoms with Crippen LogP contribution in [0, 0.1) is 0 Å². The van der Waals surface area contributed by atoms with Gasteiger partial charge in [-0.15, -0.1) is 0 Å². The van der Waals surface area contributed by atoms with Crippen LogP contribution in [-0.2, 0) is 16.0 Å². The Morgan fingerprint density at radius 2 is 1.91 bits per heavy atom. The Kier molecular flexibility index (Phi) is 6.21. The molecule has 0 radical (unpaired) electrons. The number of hydrogen-bond acceptors (Lipinski definition) is 6. The van der Waals surface area contributed by atoms with Gasteiger partial charge in [0.1, 0.15) is 5.56 Å². The molecule has 1 aromatic heterocycles. The van der Waals surface area contributed by atoms with Gasteiger partial charge in [-0.3, -0.25) is 9.59 Å². The summed E-state index contributed by atoms with van der Waals surface area (Å²) in [5, 5.41) is 10.6. The quantitative estimate of drug-likeness (QED) is 0.694. The maximum atomic E-state index is 12.6. The summed E-state index contributed by atoms with van der Waals surface area (Å²) < 4.78 is 12.6. The largest absolute Gasteiger partial charge is 0.504 e. The summed E-state index contributed by atoms with van der Waals surface area (Å²) in [4.78, 5) is 38.9. The predicted octanol–water partition coefficient (Wildman–Crippen LogP) is 2.91. The van der Waals surface area contributed by atoms with Crippen molar-refractivity contribution in [1.29, 1.82) is 0 Å². The molecule has 1 fully saturated rings. The molecule has 0 aliphatic carbocycles. The SMILES string of the molecule is CCOC(=O)c1cn2c(cc1=O)-c1cc(O)c(OCC(=O)N3CCCC3)cc1CC2CC. The van der Waals surface area contributed by atoms with E-state index in [1.165, 1.54) is 6.07 Å². The molecular weight excluding hydrogens is 412 g/mol. The Bertz CT molecular complexity index is 1100. The van der Waals surface area contributed by atoms with E-state index in [2.05, 4.69) is 0 Å². The molecule has 170 valence electrons. The minimum atomic E-state index is -0.636. The number of likely N-dealkylation sites (tertiary alicyclic amines) is 1. The first-order valence-electron chi connectivity index (χ1n) is 11.1. The van der Waals surface area contributed by atoms with Crippen molar-refractivity contribution in [3.63, 3.8) is 0 Å². The van der Waals surface area contributed by atoms with Crippen molar-refractivity contribution in [3.05, 3.63) is 45.7 Å². The number of benzene rings is 1. The van der Waals surface area contributed by atoms with Gasteiger partial charge in [0.05, 0.1) is 12.3 Å². The molecule has 4 rings (SSSR count). The number of esters is 1. The van der Waals surface area contributed by atoms with Gasteiger partial charge in [-0.05, 0) is 50.3 Å². The standard InChI is InChI=1S/C24H28N2O6/c1-3-16-9-15-10-22(32-14-23(29)25-7-5-6-8-25)21(28)11-17(15)19-12-20(27)18(13-26(16)19)24(30)31-4-2/h10-13,16,28H,3-9,14H2,1-2H3. The molecule has 0 bridgehead atoms. The molecule has 1 amide bonds. The zero-order valence-corrected chi connectivity index (χ0v) is 18.4. The number of nitrogens with zero attached hydrogens (tertiary/aromatic N) is 2. The first kappa shape index (κ1) is 21.9. The van der Waals surface area contributed by atoms with E-state index in [0.29, 0.717) is 17.7 Å². The first-order chi connectivity index (χ1) is 15.4. The van der Waals surface area contributed by atoms with Crippen molar-refractivity contribution in [2.24, 2.45) is 0 Å². The van der Waals surface area contributed by atoms with Crippen LogP contribution >= 0.6 is 0 Å². The molecule has 32 heavy (non-hydrogen) atoms. The molecule has 0 spiro atoms. The smallest absolute Gasteiger partial charge is 0.343 e. The Morgan fingerprint density at radius 3 is 2.59 bits per heavy atom. The fraction of sp³-hybridized carbons (Fsp3) is 0.458. The Hall–Kier alpha value is -3.29. The van der Waals surface area contributed by atoms with Crippen LogP contribution in [0.3, 0.4) is 0 Å². The van der Waals surface area contributed by atoms with Gasteiger partial charge in [0.25, 0.3) is 5.91 Å². The predicted molar refractivity (Wildman–Crippen MR) is 118 cm³/mol. The van der Waals surface area contributed by atoms with Crippen LogP contribution in [-0.4, -0.2) is 52.8 Å². The summed E-state index contributed by atoms with van der Waals surface area (Å²) in [7, 11) is 0. The molecule has 1 N–H and O–H groups in total. The van der Waals surface area contributed by atoms with Crippen molar-refractivity contribution in [3.8, 4) is 22.8 Å². The second-order valence-electron chi connectivity index (χ2n) is 8.18. The number of carbonyl (C=O) groups excluding carboxylic acids is 2. The van der Waals surface area contributed by atoms with E-state index in [9.17, 15) is 19.5 Å². The first-order valence-corrected chi connectivity index (χ1v) is 11.1. The van der Waals surface area contributed by atoms with Gasteiger partial charge in [-0.1, -0.05) is 6.92 Å². The zero-order valence-electron chi connectivity index (χ0n) is 18.4. The van der Waals surface area contributed by atoms with Gasteiger partial charge in [0.15, 0.2) is 23.5 Å². The Morgan fingerprint density at radius 1 is 1.16 bits per heavy atom. The second kappa shape index (κ2) is 9.06. The van der Waals surface area contributed by atoms with Crippen molar-refractivity contribution < 1.29 is 24.2 Å². The zero-order chi connectivity index (χ0) is 22.8. The van der Waals surface area contributed by atoms with Crippen LogP contribution in [0.2, 0.25) is 0 Å². The monoisotopic (exact) mass is 440 g/mol. The minimum Gasteiger partial charge on any atom is -0.504 e. The molecule has 2 aromatic rings. The van der Waals surface area contributed by atoms with Crippen molar-refractivity contribution >= 4 is 11.9 Å². The molecule has 1 aromatic carbocycles. The van der Waals surface area contributed by atoms with E-state index in [1.807, 2.05) is 11.5 Å². The Balaban J connectivity index is 1.66. The van der Waals surface area contributed by atoms with Crippen LogP contribution in [0.25, 0.3) is 11.3 Å². The van der Waals surface area contributed by atoms with E-state index >= 15 is 0 Å². The lowest BCUT2D eigenvalue weighted by molar-refractivity contribution is -0.132. The highest BCUT2D eigenvalue weighted by Gasteiger charge is 2.27. The Labute approximate surface area is 186 Å². The molecule has 0 saturated carbocycles. The lowest BCUT2D eigenvalue weighted by atomic mass is 9.90. The fourth-order valence-electron chi connectivity index (χ4n) is 4.45. The van der Waals surface area contributed by atoms with Gasteiger partial charge < -0.3 is 24.0 Å². The number of carbonyl (C=O) groups is 2. The number of phenols is 1. The van der Waals surface area contributed by atoms with Crippen molar-refractivity contribution in [2.45, 2.75) is 45.6 Å². The molecule has 2 aliphatic rings. The average Bonchev–Trinajstić information content (AvgIpc) is 3.32. The van der Waals surface area contributed by atoms with Crippen molar-refractivity contribution in [1.82, 2.24) is 9.47 Å². The summed E-state index contributed by atoms with van der Waals surface area (Å²) in [5.74, 6) is -0.566. The third-order valence-corrected chi connectivity index (χ3v) is 6.17. The van der Waals surface area contributed by atoms with E-state index in [-0.39, 0.29) is 42.2 Å². The molecular formula is C24H28N2O6. The third kappa shape index (κ3) is 4.09. The average molecular weight is 440 g/mol. The number of hydrogen-bond donors (Lipinski definition) is 1.